The quantitative estimate of drug-likeness (QED) is 0.704. The Bertz CT molecular complexity index is 433. The zero-order chi connectivity index (χ0) is 13.0. The summed E-state index contributed by atoms with van der Waals surface area (Å²) in [6.45, 7) is 0.370. The van der Waals surface area contributed by atoms with E-state index in [1.165, 1.54) is 0 Å². The molecule has 1 aliphatic heterocycles. The summed E-state index contributed by atoms with van der Waals surface area (Å²) in [7, 11) is 0. The number of nitrogens with one attached hydrogen (secondary N) is 2. The van der Waals surface area contributed by atoms with Crippen molar-refractivity contribution in [2.45, 2.75) is 24.9 Å². The maximum atomic E-state index is 11.7. The lowest BCUT2D eigenvalue weighted by Crippen LogP contribution is -2.43. The molecule has 2 amide bonds. The third-order valence-corrected chi connectivity index (χ3v) is 3.04. The summed E-state index contributed by atoms with van der Waals surface area (Å²) >= 11 is 0. The van der Waals surface area contributed by atoms with Crippen molar-refractivity contribution in [2.75, 3.05) is 6.54 Å². The molecule has 0 spiro atoms. The van der Waals surface area contributed by atoms with Crippen molar-refractivity contribution in [3.63, 3.8) is 0 Å². The van der Waals surface area contributed by atoms with Crippen molar-refractivity contribution < 1.29 is 9.59 Å². The molecule has 1 unspecified atom stereocenters. The third-order valence-electron chi connectivity index (χ3n) is 3.04. The van der Waals surface area contributed by atoms with E-state index >= 15 is 0 Å². The highest BCUT2D eigenvalue weighted by atomic mass is 16.2. The average molecular weight is 247 g/mol. The van der Waals surface area contributed by atoms with E-state index in [0.29, 0.717) is 19.4 Å². The first kappa shape index (κ1) is 12.6. The van der Waals surface area contributed by atoms with Crippen LogP contribution in [0.4, 0.5) is 0 Å². The molecule has 0 saturated carbocycles. The van der Waals surface area contributed by atoms with E-state index in [4.69, 9.17) is 5.73 Å². The molecule has 96 valence electrons. The molecule has 1 aromatic rings. The maximum Gasteiger partial charge on any atom is 0.242 e. The number of benzene rings is 1. The van der Waals surface area contributed by atoms with Gasteiger partial charge in [-0.3, -0.25) is 9.59 Å². The lowest BCUT2D eigenvalue weighted by atomic mass is 10.1. The molecule has 0 aromatic heterocycles. The van der Waals surface area contributed by atoms with Gasteiger partial charge in [0.2, 0.25) is 11.8 Å². The van der Waals surface area contributed by atoms with Crippen LogP contribution in [0.25, 0.3) is 0 Å². The van der Waals surface area contributed by atoms with Crippen LogP contribution in [0.2, 0.25) is 0 Å². The molecule has 0 aliphatic carbocycles. The van der Waals surface area contributed by atoms with E-state index in [1.807, 2.05) is 30.3 Å². The first-order chi connectivity index (χ1) is 8.66. The van der Waals surface area contributed by atoms with Crippen LogP contribution in [0.3, 0.4) is 0 Å². The van der Waals surface area contributed by atoms with Crippen LogP contribution in [0.5, 0.6) is 0 Å². The molecule has 5 nitrogen and oxygen atoms in total. The minimum absolute atomic E-state index is 0.0671. The molecule has 1 saturated heterocycles. The fraction of sp³-hybridized carbons (Fsp3) is 0.385. The predicted octanol–water partition coefficient (Wildman–Crippen LogP) is 0.0812. The van der Waals surface area contributed by atoms with Crippen molar-refractivity contribution in [3.8, 4) is 0 Å². The molecule has 1 fully saturated rings. The van der Waals surface area contributed by atoms with Gasteiger partial charge in [0.15, 0.2) is 0 Å². The van der Waals surface area contributed by atoms with E-state index in [-0.39, 0.29) is 17.9 Å². The van der Waals surface area contributed by atoms with Crippen molar-refractivity contribution in [3.05, 3.63) is 35.9 Å². The predicted molar refractivity (Wildman–Crippen MR) is 67.5 cm³/mol. The Hall–Kier alpha value is -1.88. The Labute approximate surface area is 106 Å². The Morgan fingerprint density at radius 3 is 2.78 bits per heavy atom. The SMILES string of the molecule is NC(CNC(=O)[C@@H]1CCC(=O)N1)c1ccccc1. The second kappa shape index (κ2) is 5.64. The monoisotopic (exact) mass is 247 g/mol. The van der Waals surface area contributed by atoms with Gasteiger partial charge < -0.3 is 16.4 Å². The van der Waals surface area contributed by atoms with Gasteiger partial charge in [0, 0.05) is 19.0 Å². The number of carbonyl (C=O) groups excluding carboxylic acids is 2. The summed E-state index contributed by atoms with van der Waals surface area (Å²) in [6, 6.07) is 8.96. The number of hydrogen-bond donors (Lipinski definition) is 3. The summed E-state index contributed by atoms with van der Waals surface area (Å²) < 4.78 is 0. The van der Waals surface area contributed by atoms with E-state index in [0.717, 1.165) is 5.56 Å². The van der Waals surface area contributed by atoms with Crippen LogP contribution in [0.15, 0.2) is 30.3 Å². The number of amides is 2. The number of carbonyl (C=O) groups is 2. The molecular weight excluding hydrogens is 230 g/mol. The molecule has 4 N–H and O–H groups in total. The van der Waals surface area contributed by atoms with Gasteiger partial charge in [-0.15, -0.1) is 0 Å². The maximum absolute atomic E-state index is 11.7. The number of rotatable bonds is 4. The fourth-order valence-corrected chi connectivity index (χ4v) is 1.96. The second-order valence-electron chi connectivity index (χ2n) is 4.42. The molecule has 1 heterocycles. The molecule has 1 aliphatic rings. The lowest BCUT2D eigenvalue weighted by molar-refractivity contribution is -0.125. The van der Waals surface area contributed by atoms with Crippen molar-refractivity contribution >= 4 is 11.8 Å². The van der Waals surface area contributed by atoms with E-state index in [2.05, 4.69) is 10.6 Å². The number of hydrogen-bond acceptors (Lipinski definition) is 3. The first-order valence-corrected chi connectivity index (χ1v) is 6.04. The van der Waals surface area contributed by atoms with Crippen molar-refractivity contribution in [2.24, 2.45) is 5.73 Å². The van der Waals surface area contributed by atoms with Gasteiger partial charge in [-0.1, -0.05) is 30.3 Å². The van der Waals surface area contributed by atoms with E-state index in [1.54, 1.807) is 0 Å². The summed E-state index contributed by atoms with van der Waals surface area (Å²) in [4.78, 5) is 22.7. The smallest absolute Gasteiger partial charge is 0.242 e. The second-order valence-corrected chi connectivity index (χ2v) is 4.42. The highest BCUT2D eigenvalue weighted by Gasteiger charge is 2.27. The standard InChI is InChI=1S/C13H17N3O2/c14-10(9-4-2-1-3-5-9)8-15-13(18)11-6-7-12(17)16-11/h1-5,10-11H,6-8,14H2,(H,15,18)(H,16,17)/t10?,11-/m0/s1. The molecule has 2 atom stereocenters. The minimum Gasteiger partial charge on any atom is -0.352 e. The van der Waals surface area contributed by atoms with Crippen LogP contribution in [0.1, 0.15) is 24.4 Å². The van der Waals surface area contributed by atoms with Gasteiger partial charge in [-0.05, 0) is 12.0 Å². The molecule has 5 heteroatoms. The molecule has 18 heavy (non-hydrogen) atoms. The van der Waals surface area contributed by atoms with Gasteiger partial charge in [-0.2, -0.15) is 0 Å². The van der Waals surface area contributed by atoms with Gasteiger partial charge in [0.05, 0.1) is 0 Å². The summed E-state index contributed by atoms with van der Waals surface area (Å²) in [5.74, 6) is -0.227. The Kier molecular flexibility index (Phi) is 3.94. The zero-order valence-electron chi connectivity index (χ0n) is 10.1. The third kappa shape index (κ3) is 3.07. The van der Waals surface area contributed by atoms with Gasteiger partial charge in [0.1, 0.15) is 6.04 Å². The van der Waals surface area contributed by atoms with Gasteiger partial charge in [0.25, 0.3) is 0 Å². The normalized spacial score (nSPS) is 20.3. The van der Waals surface area contributed by atoms with E-state index < -0.39 is 6.04 Å². The van der Waals surface area contributed by atoms with Crippen LogP contribution < -0.4 is 16.4 Å². The topological polar surface area (TPSA) is 84.2 Å². The lowest BCUT2D eigenvalue weighted by Gasteiger charge is -2.15. The number of nitrogens with two attached hydrogens (primary N) is 1. The Morgan fingerprint density at radius 2 is 2.17 bits per heavy atom. The Balaban J connectivity index is 1.81. The highest BCUT2D eigenvalue weighted by molar-refractivity contribution is 5.90. The van der Waals surface area contributed by atoms with Crippen LogP contribution >= 0.6 is 0 Å². The highest BCUT2D eigenvalue weighted by Crippen LogP contribution is 2.09. The van der Waals surface area contributed by atoms with Crippen LogP contribution in [-0.4, -0.2) is 24.4 Å². The average Bonchev–Trinajstić information content (AvgIpc) is 2.83. The largest absolute Gasteiger partial charge is 0.352 e. The van der Waals surface area contributed by atoms with Crippen LogP contribution in [0, 0.1) is 0 Å². The fourth-order valence-electron chi connectivity index (χ4n) is 1.96. The Morgan fingerprint density at radius 1 is 1.44 bits per heavy atom. The first-order valence-electron chi connectivity index (χ1n) is 6.04. The molecule has 0 bridgehead atoms. The molecule has 2 rings (SSSR count). The summed E-state index contributed by atoms with van der Waals surface area (Å²) in [5.41, 5.74) is 6.95. The molecular formula is C13H17N3O2. The minimum atomic E-state index is -0.402. The van der Waals surface area contributed by atoms with Crippen molar-refractivity contribution in [1.82, 2.24) is 10.6 Å². The molecule has 0 radical (unpaired) electrons. The van der Waals surface area contributed by atoms with E-state index in [9.17, 15) is 9.59 Å². The van der Waals surface area contributed by atoms with Crippen LogP contribution in [-0.2, 0) is 9.59 Å². The van der Waals surface area contributed by atoms with Gasteiger partial charge >= 0.3 is 0 Å². The molecule has 1 aromatic carbocycles. The summed E-state index contributed by atoms with van der Waals surface area (Å²) in [6.07, 6.45) is 0.980. The van der Waals surface area contributed by atoms with Crippen molar-refractivity contribution in [1.29, 1.82) is 0 Å². The zero-order valence-corrected chi connectivity index (χ0v) is 10.1. The van der Waals surface area contributed by atoms with Gasteiger partial charge in [-0.25, -0.2) is 0 Å². The summed E-state index contributed by atoms with van der Waals surface area (Å²) in [5, 5.41) is 5.39.